The van der Waals surface area contributed by atoms with E-state index in [0.717, 1.165) is 31.7 Å². The third kappa shape index (κ3) is 4.09. The van der Waals surface area contributed by atoms with Crippen LogP contribution in [0.2, 0.25) is 0 Å². The molecule has 2 aliphatic rings. The van der Waals surface area contributed by atoms with Crippen molar-refractivity contribution in [3.8, 4) is 5.75 Å². The van der Waals surface area contributed by atoms with Gasteiger partial charge in [0.1, 0.15) is 5.75 Å². The smallest absolute Gasteiger partial charge is 0.230 e. The van der Waals surface area contributed by atoms with Gasteiger partial charge in [-0.05, 0) is 30.5 Å². The second kappa shape index (κ2) is 8.02. The van der Waals surface area contributed by atoms with Crippen LogP contribution in [-0.4, -0.2) is 53.2 Å². The number of carbonyl (C=O) groups excluding carboxylic acids is 1. The number of likely N-dealkylation sites (tertiary alicyclic amines) is 1. The number of amides is 1. The quantitative estimate of drug-likeness (QED) is 0.871. The maximum absolute atomic E-state index is 12.8. The Morgan fingerprint density at radius 3 is 3.15 bits per heavy atom. The number of anilines is 1. The molecular weight excluding hydrogens is 344 g/mol. The average molecular weight is 368 g/mol. The molecule has 2 fully saturated rings. The van der Waals surface area contributed by atoms with Gasteiger partial charge in [0.2, 0.25) is 5.91 Å². The summed E-state index contributed by atoms with van der Waals surface area (Å²) in [7, 11) is 1.67. The number of nitrogens with one attached hydrogen (secondary N) is 1. The van der Waals surface area contributed by atoms with Crippen LogP contribution < -0.4 is 10.1 Å². The molecule has 4 rings (SSSR count). The average Bonchev–Trinajstić information content (AvgIpc) is 3.18. The van der Waals surface area contributed by atoms with Gasteiger partial charge < -0.3 is 14.8 Å². The van der Waals surface area contributed by atoms with Crippen LogP contribution in [0.15, 0.2) is 42.9 Å². The minimum atomic E-state index is -0.142. The van der Waals surface area contributed by atoms with Crippen molar-refractivity contribution in [2.75, 3.05) is 25.6 Å². The van der Waals surface area contributed by atoms with Crippen molar-refractivity contribution in [1.29, 1.82) is 0 Å². The predicted octanol–water partition coefficient (Wildman–Crippen LogP) is 2.10. The molecule has 2 aromatic rings. The predicted molar refractivity (Wildman–Crippen MR) is 100 cm³/mol. The minimum Gasteiger partial charge on any atom is -0.497 e. The van der Waals surface area contributed by atoms with Crippen molar-refractivity contribution in [3.05, 3.63) is 48.4 Å². The Balaban J connectivity index is 1.47. The van der Waals surface area contributed by atoms with Crippen LogP contribution >= 0.6 is 0 Å². The van der Waals surface area contributed by atoms with E-state index in [0.29, 0.717) is 18.4 Å². The second-order valence-corrected chi connectivity index (χ2v) is 7.06. The zero-order valence-corrected chi connectivity index (χ0v) is 15.4. The number of carbonyl (C=O) groups is 1. The molecule has 27 heavy (non-hydrogen) atoms. The minimum absolute atomic E-state index is 0.0277. The number of piperidine rings is 1. The van der Waals surface area contributed by atoms with Gasteiger partial charge in [-0.3, -0.25) is 14.7 Å². The van der Waals surface area contributed by atoms with Gasteiger partial charge in [0.25, 0.3) is 0 Å². The first-order valence-corrected chi connectivity index (χ1v) is 9.28. The fraction of sp³-hybridized carbons (Fsp3) is 0.450. The van der Waals surface area contributed by atoms with Gasteiger partial charge in [0.15, 0.2) is 5.82 Å². The molecule has 2 aliphatic heterocycles. The van der Waals surface area contributed by atoms with E-state index in [-0.39, 0.29) is 17.9 Å². The van der Waals surface area contributed by atoms with Crippen molar-refractivity contribution in [3.63, 3.8) is 0 Å². The molecule has 1 aromatic heterocycles. The molecule has 3 heterocycles. The molecule has 0 saturated carbocycles. The highest BCUT2D eigenvalue weighted by atomic mass is 16.5. The second-order valence-electron chi connectivity index (χ2n) is 7.06. The summed E-state index contributed by atoms with van der Waals surface area (Å²) in [6.07, 6.45) is 6.56. The van der Waals surface area contributed by atoms with Crippen molar-refractivity contribution < 1.29 is 14.3 Å². The van der Waals surface area contributed by atoms with Gasteiger partial charge in [0.05, 0.1) is 25.3 Å². The summed E-state index contributed by atoms with van der Waals surface area (Å²) in [6.45, 7) is 2.23. The molecule has 1 N–H and O–H groups in total. The van der Waals surface area contributed by atoms with Crippen LogP contribution in [0.1, 0.15) is 18.4 Å². The van der Waals surface area contributed by atoms with Crippen LogP contribution in [0, 0.1) is 5.92 Å². The summed E-state index contributed by atoms with van der Waals surface area (Å²) in [5.41, 5.74) is 1.18. The van der Waals surface area contributed by atoms with E-state index in [4.69, 9.17) is 9.47 Å². The highest BCUT2D eigenvalue weighted by Crippen LogP contribution is 2.33. The number of hydrogen-bond donors (Lipinski definition) is 1. The molecule has 1 amide bonds. The number of methoxy groups -OCH3 is 1. The van der Waals surface area contributed by atoms with Crippen molar-refractivity contribution in [2.45, 2.75) is 31.5 Å². The van der Waals surface area contributed by atoms with E-state index >= 15 is 0 Å². The van der Waals surface area contributed by atoms with Gasteiger partial charge >= 0.3 is 0 Å². The van der Waals surface area contributed by atoms with Gasteiger partial charge in [-0.25, -0.2) is 4.98 Å². The summed E-state index contributed by atoms with van der Waals surface area (Å²) >= 11 is 0. The SMILES string of the molecule is COc1cccc(CN2C[C@H](C(=O)Nc3cnccn3)C[C@H]3OCC[C@H]32)c1. The number of fused-ring (bicyclic) bond motifs is 1. The lowest BCUT2D eigenvalue weighted by Crippen LogP contribution is -2.51. The molecule has 0 bridgehead atoms. The number of aromatic nitrogens is 2. The molecule has 7 nitrogen and oxygen atoms in total. The van der Waals surface area contributed by atoms with Crippen molar-refractivity contribution in [1.82, 2.24) is 14.9 Å². The number of hydrogen-bond acceptors (Lipinski definition) is 6. The summed E-state index contributed by atoms with van der Waals surface area (Å²) < 4.78 is 11.3. The van der Waals surface area contributed by atoms with Gasteiger partial charge in [-0.15, -0.1) is 0 Å². The third-order valence-electron chi connectivity index (χ3n) is 5.32. The normalized spacial score (nSPS) is 25.0. The zero-order valence-electron chi connectivity index (χ0n) is 15.4. The summed E-state index contributed by atoms with van der Waals surface area (Å²) in [5, 5.41) is 2.88. The molecule has 3 atom stereocenters. The first-order chi connectivity index (χ1) is 13.2. The highest BCUT2D eigenvalue weighted by Gasteiger charge is 2.42. The largest absolute Gasteiger partial charge is 0.497 e. The van der Waals surface area contributed by atoms with Crippen LogP contribution in [0.3, 0.4) is 0 Å². The zero-order chi connectivity index (χ0) is 18.6. The fourth-order valence-corrected chi connectivity index (χ4v) is 4.02. The number of rotatable bonds is 5. The lowest BCUT2D eigenvalue weighted by atomic mass is 9.89. The molecule has 7 heteroatoms. The van der Waals surface area contributed by atoms with E-state index in [1.807, 2.05) is 18.2 Å². The fourth-order valence-electron chi connectivity index (χ4n) is 4.02. The topological polar surface area (TPSA) is 76.6 Å². The maximum atomic E-state index is 12.8. The molecule has 0 aliphatic carbocycles. The lowest BCUT2D eigenvalue weighted by molar-refractivity contribution is -0.124. The van der Waals surface area contributed by atoms with Gasteiger partial charge in [0, 0.05) is 38.1 Å². The summed E-state index contributed by atoms with van der Waals surface area (Å²) in [6, 6.07) is 8.44. The van der Waals surface area contributed by atoms with E-state index in [1.54, 1.807) is 25.7 Å². The number of benzene rings is 1. The lowest BCUT2D eigenvalue weighted by Gasteiger charge is -2.40. The Kier molecular flexibility index (Phi) is 5.31. The number of ether oxygens (including phenoxy) is 2. The van der Waals surface area contributed by atoms with E-state index in [2.05, 4.69) is 26.3 Å². The first kappa shape index (κ1) is 17.9. The summed E-state index contributed by atoms with van der Waals surface area (Å²) in [5.74, 6) is 1.16. The first-order valence-electron chi connectivity index (χ1n) is 9.28. The highest BCUT2D eigenvalue weighted by molar-refractivity contribution is 5.91. The van der Waals surface area contributed by atoms with Crippen LogP contribution in [-0.2, 0) is 16.1 Å². The van der Waals surface area contributed by atoms with Crippen molar-refractivity contribution in [2.24, 2.45) is 5.92 Å². The maximum Gasteiger partial charge on any atom is 0.230 e. The monoisotopic (exact) mass is 368 g/mol. The molecule has 0 spiro atoms. The molecule has 1 aromatic carbocycles. The van der Waals surface area contributed by atoms with Crippen LogP contribution in [0.4, 0.5) is 5.82 Å². The Hall–Kier alpha value is -2.51. The van der Waals surface area contributed by atoms with Gasteiger partial charge in [-0.2, -0.15) is 0 Å². The summed E-state index contributed by atoms with van der Waals surface area (Å²) in [4.78, 5) is 23.3. The Labute approximate surface area is 158 Å². The molecule has 142 valence electrons. The Morgan fingerprint density at radius 1 is 1.41 bits per heavy atom. The molecule has 0 unspecified atom stereocenters. The standard InChI is InChI=1S/C20H24N4O3/c1-26-16-4-2-3-14(9-16)12-24-13-15(10-18-17(24)5-8-27-18)20(25)23-19-11-21-6-7-22-19/h2-4,6-7,9,11,15,17-18H,5,8,10,12-13H2,1H3,(H,22,23,25)/t15-,17-,18-/m1/s1. The van der Waals surface area contributed by atoms with Crippen LogP contribution in [0.25, 0.3) is 0 Å². The Bertz CT molecular complexity index is 786. The third-order valence-corrected chi connectivity index (χ3v) is 5.32. The van der Waals surface area contributed by atoms with E-state index in [9.17, 15) is 4.79 Å². The van der Waals surface area contributed by atoms with Crippen molar-refractivity contribution >= 4 is 11.7 Å². The molecule has 0 radical (unpaired) electrons. The molecule has 2 saturated heterocycles. The molecular formula is C20H24N4O3. The van der Waals surface area contributed by atoms with E-state index < -0.39 is 0 Å². The Morgan fingerprint density at radius 2 is 2.33 bits per heavy atom. The number of nitrogens with zero attached hydrogens (tertiary/aromatic N) is 3. The van der Waals surface area contributed by atoms with Gasteiger partial charge in [-0.1, -0.05) is 12.1 Å². The van der Waals surface area contributed by atoms with E-state index in [1.165, 1.54) is 5.56 Å². The van der Waals surface area contributed by atoms with Crippen LogP contribution in [0.5, 0.6) is 5.75 Å².